The number of sulfonamides is 1. The number of pyridine rings is 1. The van der Waals surface area contributed by atoms with Gasteiger partial charge < -0.3 is 5.32 Å². The van der Waals surface area contributed by atoms with Crippen LogP contribution in [0.5, 0.6) is 0 Å². The molecule has 1 aliphatic heterocycles. The van der Waals surface area contributed by atoms with Crippen LogP contribution in [-0.4, -0.2) is 47.5 Å². The molecule has 0 amide bonds. The van der Waals surface area contributed by atoms with Crippen LogP contribution in [0, 0.1) is 10.1 Å². The molecule has 2 aromatic rings. The summed E-state index contributed by atoms with van der Waals surface area (Å²) >= 11 is 0. The number of nitrogens with one attached hydrogen (secondary N) is 1. The molecule has 1 aromatic heterocycles. The first-order valence-electron chi connectivity index (χ1n) is 8.86. The first-order chi connectivity index (χ1) is 12.9. The second-order valence-corrected chi connectivity index (χ2v) is 8.66. The Morgan fingerprint density at radius 1 is 1.19 bits per heavy atom. The molecule has 0 unspecified atom stereocenters. The van der Waals surface area contributed by atoms with E-state index >= 15 is 0 Å². The van der Waals surface area contributed by atoms with E-state index in [1.165, 1.54) is 10.4 Å². The van der Waals surface area contributed by atoms with Crippen molar-refractivity contribution in [1.82, 2.24) is 9.29 Å². The fourth-order valence-electron chi connectivity index (χ4n) is 3.16. The van der Waals surface area contributed by atoms with Gasteiger partial charge >= 0.3 is 0 Å². The van der Waals surface area contributed by atoms with Crippen molar-refractivity contribution in [1.29, 1.82) is 0 Å². The average Bonchev–Trinajstić information content (AvgIpc) is 2.69. The quantitative estimate of drug-likeness (QED) is 0.600. The molecule has 0 aliphatic carbocycles. The highest BCUT2D eigenvalue weighted by molar-refractivity contribution is 7.89. The molecular formula is C18H22N4O4S. The van der Waals surface area contributed by atoms with E-state index < -0.39 is 14.9 Å². The molecule has 0 spiro atoms. The summed E-state index contributed by atoms with van der Waals surface area (Å²) < 4.78 is 25.4. The van der Waals surface area contributed by atoms with Gasteiger partial charge in [0.25, 0.3) is 5.69 Å². The first kappa shape index (κ1) is 19.2. The number of rotatable bonds is 6. The SMILES string of the molecule is CCS(=O)(=O)N1CCC(Nc2ccc([N+](=O)[O-])c(-c3ccccc3)n2)CC1. The van der Waals surface area contributed by atoms with Crippen LogP contribution in [0.2, 0.25) is 0 Å². The van der Waals surface area contributed by atoms with Crippen LogP contribution in [0.25, 0.3) is 11.3 Å². The molecule has 8 nitrogen and oxygen atoms in total. The van der Waals surface area contributed by atoms with E-state index in [4.69, 9.17) is 0 Å². The Hall–Kier alpha value is -2.52. The lowest BCUT2D eigenvalue weighted by molar-refractivity contribution is -0.384. The Balaban J connectivity index is 1.76. The zero-order valence-corrected chi connectivity index (χ0v) is 15.9. The zero-order chi connectivity index (χ0) is 19.4. The minimum Gasteiger partial charge on any atom is -0.367 e. The van der Waals surface area contributed by atoms with Gasteiger partial charge in [0.15, 0.2) is 5.69 Å². The number of hydrogen-bond acceptors (Lipinski definition) is 6. The van der Waals surface area contributed by atoms with Gasteiger partial charge in [-0.05, 0) is 25.8 Å². The molecule has 1 fully saturated rings. The number of piperidine rings is 1. The van der Waals surface area contributed by atoms with Crippen LogP contribution >= 0.6 is 0 Å². The highest BCUT2D eigenvalue weighted by Gasteiger charge is 2.27. The number of nitro groups is 1. The minimum absolute atomic E-state index is 0.0457. The van der Waals surface area contributed by atoms with Crippen LogP contribution < -0.4 is 5.32 Å². The van der Waals surface area contributed by atoms with Gasteiger partial charge in [-0.3, -0.25) is 10.1 Å². The third kappa shape index (κ3) is 4.42. The van der Waals surface area contributed by atoms with Gasteiger partial charge in [-0.25, -0.2) is 17.7 Å². The van der Waals surface area contributed by atoms with Gasteiger partial charge in [0.05, 0.1) is 10.7 Å². The van der Waals surface area contributed by atoms with E-state index in [1.54, 1.807) is 25.1 Å². The van der Waals surface area contributed by atoms with Crippen molar-refractivity contribution in [2.75, 3.05) is 24.2 Å². The number of nitrogens with zero attached hydrogens (tertiary/aromatic N) is 3. The summed E-state index contributed by atoms with van der Waals surface area (Å²) in [6, 6.07) is 12.2. The molecule has 3 rings (SSSR count). The lowest BCUT2D eigenvalue weighted by Gasteiger charge is -2.31. The molecular weight excluding hydrogens is 368 g/mol. The first-order valence-corrected chi connectivity index (χ1v) is 10.5. The van der Waals surface area contributed by atoms with Crippen molar-refractivity contribution >= 4 is 21.5 Å². The average molecular weight is 390 g/mol. The zero-order valence-electron chi connectivity index (χ0n) is 15.0. The fourth-order valence-corrected chi connectivity index (χ4v) is 4.29. The Kier molecular flexibility index (Phi) is 5.71. The molecule has 1 aliphatic rings. The van der Waals surface area contributed by atoms with Crippen molar-refractivity contribution in [2.45, 2.75) is 25.8 Å². The summed E-state index contributed by atoms with van der Waals surface area (Å²) in [5.74, 6) is 0.659. The molecule has 0 radical (unpaired) electrons. The summed E-state index contributed by atoms with van der Waals surface area (Å²) in [6.45, 7) is 2.57. The van der Waals surface area contributed by atoms with Gasteiger partial charge in [-0.15, -0.1) is 0 Å². The number of hydrogen-bond donors (Lipinski definition) is 1. The summed E-state index contributed by atoms with van der Waals surface area (Å²) in [4.78, 5) is 15.4. The topological polar surface area (TPSA) is 105 Å². The largest absolute Gasteiger partial charge is 0.367 e. The van der Waals surface area contributed by atoms with E-state index in [0.29, 0.717) is 43.0 Å². The number of anilines is 1. The third-order valence-electron chi connectivity index (χ3n) is 4.68. The van der Waals surface area contributed by atoms with Crippen LogP contribution in [0.15, 0.2) is 42.5 Å². The van der Waals surface area contributed by atoms with Gasteiger partial charge in [0.2, 0.25) is 10.0 Å². The Morgan fingerprint density at radius 3 is 2.44 bits per heavy atom. The van der Waals surface area contributed by atoms with E-state index in [0.717, 1.165) is 0 Å². The van der Waals surface area contributed by atoms with E-state index in [2.05, 4.69) is 10.3 Å². The Bertz CT molecular complexity index is 910. The van der Waals surface area contributed by atoms with Crippen LogP contribution in [-0.2, 0) is 10.0 Å². The molecule has 9 heteroatoms. The molecule has 2 heterocycles. The Labute approximate surface area is 158 Å². The van der Waals surface area contributed by atoms with Gasteiger partial charge in [0, 0.05) is 30.8 Å². The maximum absolute atomic E-state index is 12.0. The van der Waals surface area contributed by atoms with Gasteiger partial charge in [-0.1, -0.05) is 30.3 Å². The monoisotopic (exact) mass is 390 g/mol. The summed E-state index contributed by atoms with van der Waals surface area (Å²) in [5, 5.41) is 14.6. The van der Waals surface area contributed by atoms with Gasteiger partial charge in [-0.2, -0.15) is 0 Å². The Morgan fingerprint density at radius 2 is 1.85 bits per heavy atom. The molecule has 1 saturated heterocycles. The second-order valence-electron chi connectivity index (χ2n) is 6.41. The van der Waals surface area contributed by atoms with Crippen LogP contribution in [0.3, 0.4) is 0 Å². The molecule has 0 bridgehead atoms. The number of aromatic nitrogens is 1. The standard InChI is InChI=1S/C18H22N4O4S/c1-2-27(25,26)21-12-10-15(11-13-21)19-17-9-8-16(22(23)24)18(20-17)14-6-4-3-5-7-14/h3-9,15H,2,10-13H2,1H3,(H,19,20). The highest BCUT2D eigenvalue weighted by Crippen LogP contribution is 2.30. The molecule has 1 N–H and O–H groups in total. The summed E-state index contributed by atoms with van der Waals surface area (Å²) in [7, 11) is -3.16. The minimum atomic E-state index is -3.16. The number of benzene rings is 1. The second kappa shape index (κ2) is 8.01. The summed E-state index contributed by atoms with van der Waals surface area (Å²) in [6.07, 6.45) is 1.33. The normalized spacial score (nSPS) is 16.2. The van der Waals surface area contributed by atoms with Crippen molar-refractivity contribution in [3.8, 4) is 11.3 Å². The maximum atomic E-state index is 12.0. The van der Waals surface area contributed by atoms with Crippen molar-refractivity contribution < 1.29 is 13.3 Å². The van der Waals surface area contributed by atoms with Crippen molar-refractivity contribution in [3.63, 3.8) is 0 Å². The van der Waals surface area contributed by atoms with Crippen LogP contribution in [0.4, 0.5) is 11.5 Å². The van der Waals surface area contributed by atoms with Crippen molar-refractivity contribution in [3.05, 3.63) is 52.6 Å². The molecule has 1 aromatic carbocycles. The van der Waals surface area contributed by atoms with E-state index in [1.807, 2.05) is 18.2 Å². The van der Waals surface area contributed by atoms with Crippen LogP contribution in [0.1, 0.15) is 19.8 Å². The van der Waals surface area contributed by atoms with Gasteiger partial charge in [0.1, 0.15) is 5.82 Å². The lowest BCUT2D eigenvalue weighted by atomic mass is 10.1. The highest BCUT2D eigenvalue weighted by atomic mass is 32.2. The predicted molar refractivity (Wildman–Crippen MR) is 104 cm³/mol. The lowest BCUT2D eigenvalue weighted by Crippen LogP contribution is -2.43. The fraction of sp³-hybridized carbons (Fsp3) is 0.389. The molecule has 0 saturated carbocycles. The van der Waals surface area contributed by atoms with E-state index in [-0.39, 0.29) is 17.5 Å². The maximum Gasteiger partial charge on any atom is 0.295 e. The van der Waals surface area contributed by atoms with Crippen molar-refractivity contribution in [2.24, 2.45) is 0 Å². The molecule has 144 valence electrons. The van der Waals surface area contributed by atoms with E-state index in [9.17, 15) is 18.5 Å². The third-order valence-corrected chi connectivity index (χ3v) is 6.56. The molecule has 27 heavy (non-hydrogen) atoms. The predicted octanol–water partition coefficient (Wildman–Crippen LogP) is 2.88. The smallest absolute Gasteiger partial charge is 0.295 e. The molecule has 0 atom stereocenters. The summed E-state index contributed by atoms with van der Waals surface area (Å²) in [5.41, 5.74) is 0.948.